The highest BCUT2D eigenvalue weighted by Gasteiger charge is 2.21. The van der Waals surface area contributed by atoms with Gasteiger partial charge in [0.15, 0.2) is 12.5 Å². The lowest BCUT2D eigenvalue weighted by Crippen LogP contribution is -2.38. The molecule has 0 aromatic carbocycles. The number of aromatic nitrogens is 3. The number of nitrogens with zero attached hydrogens (tertiary/aromatic N) is 3. The molecule has 1 rings (SSSR count). The predicted molar refractivity (Wildman–Crippen MR) is 79.1 cm³/mol. The maximum absolute atomic E-state index is 9.88. The Morgan fingerprint density at radius 1 is 0.783 bits per heavy atom. The first-order valence-corrected chi connectivity index (χ1v) is 6.47. The monoisotopic (exact) mass is 334 g/mol. The Morgan fingerprint density at radius 3 is 1.43 bits per heavy atom. The van der Waals surface area contributed by atoms with Crippen LogP contribution in [0.3, 0.4) is 0 Å². The lowest BCUT2D eigenvalue weighted by molar-refractivity contribution is -0.155. The minimum absolute atomic E-state index is 0.0508. The van der Waals surface area contributed by atoms with E-state index in [2.05, 4.69) is 25.6 Å². The van der Waals surface area contributed by atoms with Crippen molar-refractivity contribution >= 4 is 17.8 Å². The second-order valence-electron chi connectivity index (χ2n) is 4.20. The number of hydrogen-bond acceptors (Lipinski definition) is 12. The number of aliphatic hydroxyl groups excluding tert-OH is 2. The van der Waals surface area contributed by atoms with Gasteiger partial charge in [-0.15, -0.1) is 0 Å². The molecule has 0 aliphatic carbocycles. The van der Waals surface area contributed by atoms with Crippen molar-refractivity contribution < 1.29 is 29.2 Å². The molecule has 2 atom stereocenters. The maximum Gasteiger partial charge on any atom is 0.231 e. The summed E-state index contributed by atoms with van der Waals surface area (Å²) in [6.45, 7) is 0. The fraction of sp³-hybridized carbons (Fsp3) is 0.727. The van der Waals surface area contributed by atoms with E-state index in [0.717, 1.165) is 0 Å². The van der Waals surface area contributed by atoms with Crippen LogP contribution in [-0.2, 0) is 18.9 Å². The van der Waals surface area contributed by atoms with Crippen molar-refractivity contribution in [3.8, 4) is 0 Å². The van der Waals surface area contributed by atoms with Crippen molar-refractivity contribution in [1.29, 1.82) is 0 Å². The van der Waals surface area contributed by atoms with Crippen LogP contribution in [0.2, 0.25) is 0 Å². The van der Waals surface area contributed by atoms with Crippen LogP contribution < -0.4 is 16.4 Å². The first kappa shape index (κ1) is 19.2. The molecule has 12 heteroatoms. The van der Waals surface area contributed by atoms with Gasteiger partial charge >= 0.3 is 0 Å². The highest BCUT2D eigenvalue weighted by molar-refractivity contribution is 5.40. The Kier molecular flexibility index (Phi) is 7.80. The molecule has 1 aromatic heterocycles. The highest BCUT2D eigenvalue weighted by Crippen LogP contribution is 2.11. The lowest BCUT2D eigenvalue weighted by Gasteiger charge is -2.22. The van der Waals surface area contributed by atoms with Gasteiger partial charge in [-0.1, -0.05) is 0 Å². The molecule has 0 bridgehead atoms. The summed E-state index contributed by atoms with van der Waals surface area (Å²) in [5.41, 5.74) is 5.56. The van der Waals surface area contributed by atoms with Crippen LogP contribution >= 0.6 is 0 Å². The average Bonchev–Trinajstić information content (AvgIpc) is 2.48. The molecule has 2 unspecified atom stereocenters. The van der Waals surface area contributed by atoms with Crippen LogP contribution in [0.4, 0.5) is 17.8 Å². The molecule has 0 fully saturated rings. The number of nitrogen functional groups attached to an aromatic ring is 1. The standard InChI is InChI=1S/C11H22N6O6/c1-20-7(21-2)5(18)13-10-15-9(12)16-11(17-10)14-6(19)8(22-3)23-4/h5-8,18-19H,1-4H3,(H4,12,13,14,15,16,17). The zero-order chi connectivity index (χ0) is 17.4. The van der Waals surface area contributed by atoms with E-state index in [1.165, 1.54) is 28.4 Å². The van der Waals surface area contributed by atoms with E-state index in [1.807, 2.05) is 0 Å². The van der Waals surface area contributed by atoms with Gasteiger partial charge in [-0.25, -0.2) is 0 Å². The van der Waals surface area contributed by atoms with Crippen LogP contribution in [0.5, 0.6) is 0 Å². The molecule has 0 amide bonds. The summed E-state index contributed by atoms with van der Waals surface area (Å²) in [6, 6.07) is 0. The number of anilines is 3. The van der Waals surface area contributed by atoms with Gasteiger partial charge in [0.2, 0.25) is 30.4 Å². The van der Waals surface area contributed by atoms with E-state index in [4.69, 9.17) is 24.7 Å². The van der Waals surface area contributed by atoms with E-state index < -0.39 is 25.0 Å². The summed E-state index contributed by atoms with van der Waals surface area (Å²) in [7, 11) is 5.44. The van der Waals surface area contributed by atoms with Crippen LogP contribution in [0.25, 0.3) is 0 Å². The molecule has 12 nitrogen and oxygen atoms in total. The number of aliphatic hydroxyl groups is 2. The molecule has 0 radical (unpaired) electrons. The molecule has 6 N–H and O–H groups in total. The van der Waals surface area contributed by atoms with E-state index in [0.29, 0.717) is 0 Å². The SMILES string of the molecule is COC(OC)C(O)Nc1nc(N)nc(NC(O)C(OC)OC)n1. The quantitative estimate of drug-likeness (QED) is 0.304. The summed E-state index contributed by atoms with van der Waals surface area (Å²) in [4.78, 5) is 11.6. The molecule has 132 valence electrons. The predicted octanol–water partition coefficient (Wildman–Crippen LogP) is -1.85. The number of rotatable bonds is 10. The van der Waals surface area contributed by atoms with E-state index in [9.17, 15) is 10.2 Å². The molecular formula is C11H22N6O6. The minimum Gasteiger partial charge on any atom is -0.369 e. The first-order valence-electron chi connectivity index (χ1n) is 6.47. The second-order valence-corrected chi connectivity index (χ2v) is 4.20. The Hall–Kier alpha value is -1.83. The summed E-state index contributed by atoms with van der Waals surface area (Å²) >= 11 is 0. The van der Waals surface area contributed by atoms with Crippen molar-refractivity contribution in [2.45, 2.75) is 25.0 Å². The van der Waals surface area contributed by atoms with Crippen molar-refractivity contribution in [3.05, 3.63) is 0 Å². The van der Waals surface area contributed by atoms with Gasteiger partial charge in [-0.05, 0) is 0 Å². The van der Waals surface area contributed by atoms with Gasteiger partial charge in [0.05, 0.1) is 0 Å². The molecule has 1 heterocycles. The molecule has 1 aromatic rings. The fourth-order valence-electron chi connectivity index (χ4n) is 1.63. The van der Waals surface area contributed by atoms with Crippen LogP contribution in [-0.4, -0.2) is 78.6 Å². The molecule has 23 heavy (non-hydrogen) atoms. The Morgan fingerprint density at radius 2 is 1.13 bits per heavy atom. The molecule has 0 aliphatic heterocycles. The topological polar surface area (TPSA) is 166 Å². The lowest BCUT2D eigenvalue weighted by atomic mass is 10.5. The van der Waals surface area contributed by atoms with Gasteiger partial charge in [0, 0.05) is 28.4 Å². The fourth-order valence-corrected chi connectivity index (χ4v) is 1.63. The van der Waals surface area contributed by atoms with Gasteiger partial charge in [-0.2, -0.15) is 15.0 Å². The Balaban J connectivity index is 2.82. The van der Waals surface area contributed by atoms with E-state index in [1.54, 1.807) is 0 Å². The Labute approximate surface area is 132 Å². The van der Waals surface area contributed by atoms with E-state index in [-0.39, 0.29) is 17.8 Å². The summed E-state index contributed by atoms with van der Waals surface area (Å²) in [6.07, 6.45) is -4.40. The van der Waals surface area contributed by atoms with Crippen molar-refractivity contribution in [2.24, 2.45) is 0 Å². The van der Waals surface area contributed by atoms with Gasteiger partial charge < -0.3 is 45.5 Å². The smallest absolute Gasteiger partial charge is 0.231 e. The molecule has 0 saturated heterocycles. The number of nitrogens with two attached hydrogens (primary N) is 1. The van der Waals surface area contributed by atoms with Crippen molar-refractivity contribution in [1.82, 2.24) is 15.0 Å². The molecular weight excluding hydrogens is 312 g/mol. The minimum atomic E-state index is -1.25. The molecule has 0 spiro atoms. The third-order valence-electron chi connectivity index (χ3n) is 2.65. The Bertz CT molecular complexity index is 434. The number of nitrogens with one attached hydrogen (secondary N) is 2. The third-order valence-corrected chi connectivity index (χ3v) is 2.65. The third kappa shape index (κ3) is 5.70. The average molecular weight is 334 g/mol. The van der Waals surface area contributed by atoms with Gasteiger partial charge in [-0.3, -0.25) is 0 Å². The second kappa shape index (κ2) is 9.34. The molecule has 0 aliphatic rings. The largest absolute Gasteiger partial charge is 0.369 e. The molecule has 0 saturated carbocycles. The zero-order valence-corrected chi connectivity index (χ0v) is 13.3. The van der Waals surface area contributed by atoms with Gasteiger partial charge in [0.25, 0.3) is 0 Å². The van der Waals surface area contributed by atoms with E-state index >= 15 is 0 Å². The normalized spacial score (nSPS) is 14.1. The number of hydrogen-bond donors (Lipinski definition) is 5. The van der Waals surface area contributed by atoms with Crippen LogP contribution in [0, 0.1) is 0 Å². The van der Waals surface area contributed by atoms with Crippen molar-refractivity contribution in [3.63, 3.8) is 0 Å². The first-order chi connectivity index (χ1) is 10.9. The summed E-state index contributed by atoms with van der Waals surface area (Å²) in [5.74, 6) is -0.238. The zero-order valence-electron chi connectivity index (χ0n) is 13.3. The van der Waals surface area contributed by atoms with Crippen LogP contribution in [0.15, 0.2) is 0 Å². The van der Waals surface area contributed by atoms with Gasteiger partial charge in [0.1, 0.15) is 0 Å². The van der Waals surface area contributed by atoms with Crippen LogP contribution in [0.1, 0.15) is 0 Å². The number of ether oxygens (including phenoxy) is 4. The summed E-state index contributed by atoms with van der Waals surface area (Å²) in [5, 5.41) is 24.8. The summed E-state index contributed by atoms with van der Waals surface area (Å²) < 4.78 is 19.6. The number of methoxy groups -OCH3 is 4. The maximum atomic E-state index is 9.88. The van der Waals surface area contributed by atoms with Crippen molar-refractivity contribution in [2.75, 3.05) is 44.8 Å². The highest BCUT2D eigenvalue weighted by atomic mass is 16.7.